The quantitative estimate of drug-likeness (QED) is 0.774. The van der Waals surface area contributed by atoms with Gasteiger partial charge in [-0.15, -0.1) is 0 Å². The van der Waals surface area contributed by atoms with Crippen LogP contribution in [0.1, 0.15) is 12.0 Å². The summed E-state index contributed by atoms with van der Waals surface area (Å²) in [7, 11) is 1.64. The lowest BCUT2D eigenvalue weighted by Gasteiger charge is -2.02. The molecule has 14 heavy (non-hydrogen) atoms. The first-order valence-electron chi connectivity index (χ1n) is 4.39. The molecule has 0 N–H and O–H groups in total. The standard InChI is InChI=1S/C11H13ClOS/c1-13-10-5-6-11(12)9(8-10)4-2-3-7-14/h2,4-6,8,14H,3,7H2,1H3. The summed E-state index contributed by atoms with van der Waals surface area (Å²) in [6, 6.07) is 5.59. The normalized spacial score (nSPS) is 10.8. The fourth-order valence-electron chi connectivity index (χ4n) is 1.06. The molecular weight excluding hydrogens is 216 g/mol. The molecule has 1 nitrogen and oxygen atoms in total. The van der Waals surface area contributed by atoms with E-state index in [1.54, 1.807) is 7.11 Å². The van der Waals surface area contributed by atoms with Gasteiger partial charge in [0.05, 0.1) is 7.11 Å². The molecule has 1 aromatic carbocycles. The second kappa shape index (κ2) is 5.99. The van der Waals surface area contributed by atoms with Gasteiger partial charge in [0.25, 0.3) is 0 Å². The van der Waals surface area contributed by atoms with Crippen LogP contribution in [0.4, 0.5) is 0 Å². The molecule has 0 bridgehead atoms. The summed E-state index contributed by atoms with van der Waals surface area (Å²) in [6.45, 7) is 0. The highest BCUT2D eigenvalue weighted by molar-refractivity contribution is 7.80. The Kier molecular flexibility index (Phi) is 4.91. The molecule has 1 rings (SSSR count). The van der Waals surface area contributed by atoms with Crippen molar-refractivity contribution in [3.05, 3.63) is 34.9 Å². The van der Waals surface area contributed by atoms with Crippen LogP contribution in [0.15, 0.2) is 24.3 Å². The van der Waals surface area contributed by atoms with Gasteiger partial charge in [-0.25, -0.2) is 0 Å². The Balaban J connectivity index is 2.83. The second-order valence-electron chi connectivity index (χ2n) is 2.80. The molecule has 0 saturated heterocycles. The molecule has 0 aliphatic carbocycles. The fourth-order valence-corrected chi connectivity index (χ4v) is 1.39. The van der Waals surface area contributed by atoms with Gasteiger partial charge in [-0.05, 0) is 35.9 Å². The zero-order chi connectivity index (χ0) is 10.4. The molecule has 0 aliphatic heterocycles. The van der Waals surface area contributed by atoms with Gasteiger partial charge >= 0.3 is 0 Å². The Morgan fingerprint density at radius 2 is 2.29 bits per heavy atom. The average Bonchev–Trinajstić information content (AvgIpc) is 2.21. The SMILES string of the molecule is COc1ccc(Cl)c(C=CCCS)c1. The van der Waals surface area contributed by atoms with Crippen LogP contribution in [0.5, 0.6) is 5.75 Å². The smallest absolute Gasteiger partial charge is 0.119 e. The van der Waals surface area contributed by atoms with E-state index in [2.05, 4.69) is 12.6 Å². The van der Waals surface area contributed by atoms with Crippen molar-refractivity contribution in [3.63, 3.8) is 0 Å². The average molecular weight is 229 g/mol. The van der Waals surface area contributed by atoms with Crippen LogP contribution in [0.25, 0.3) is 6.08 Å². The maximum Gasteiger partial charge on any atom is 0.119 e. The molecule has 76 valence electrons. The monoisotopic (exact) mass is 228 g/mol. The summed E-state index contributed by atoms with van der Waals surface area (Å²) in [5.41, 5.74) is 0.979. The van der Waals surface area contributed by atoms with Crippen molar-refractivity contribution in [1.82, 2.24) is 0 Å². The van der Waals surface area contributed by atoms with Crippen molar-refractivity contribution in [3.8, 4) is 5.75 Å². The summed E-state index contributed by atoms with van der Waals surface area (Å²) in [6.07, 6.45) is 4.98. The van der Waals surface area contributed by atoms with Crippen molar-refractivity contribution in [1.29, 1.82) is 0 Å². The number of halogens is 1. The number of allylic oxidation sites excluding steroid dienone is 1. The number of benzene rings is 1. The third-order valence-electron chi connectivity index (χ3n) is 1.80. The molecule has 0 radical (unpaired) electrons. The minimum Gasteiger partial charge on any atom is -0.497 e. The van der Waals surface area contributed by atoms with Crippen LogP contribution < -0.4 is 4.74 Å². The van der Waals surface area contributed by atoms with Gasteiger partial charge in [0.1, 0.15) is 5.75 Å². The van der Waals surface area contributed by atoms with E-state index >= 15 is 0 Å². The number of hydrogen-bond acceptors (Lipinski definition) is 2. The minimum atomic E-state index is 0.737. The molecule has 0 aliphatic rings. The van der Waals surface area contributed by atoms with Crippen molar-refractivity contribution in [2.24, 2.45) is 0 Å². The summed E-state index contributed by atoms with van der Waals surface area (Å²) in [4.78, 5) is 0. The third-order valence-corrected chi connectivity index (χ3v) is 2.40. The van der Waals surface area contributed by atoms with E-state index in [0.29, 0.717) is 0 Å². The number of ether oxygens (including phenoxy) is 1. The van der Waals surface area contributed by atoms with Gasteiger partial charge in [0, 0.05) is 5.02 Å². The maximum absolute atomic E-state index is 6.01. The predicted octanol–water partition coefficient (Wildman–Crippen LogP) is 3.68. The lowest BCUT2D eigenvalue weighted by molar-refractivity contribution is 0.414. The summed E-state index contributed by atoms with van der Waals surface area (Å²) in [5.74, 6) is 1.66. The predicted molar refractivity (Wildman–Crippen MR) is 65.5 cm³/mol. The fraction of sp³-hybridized carbons (Fsp3) is 0.273. The zero-order valence-electron chi connectivity index (χ0n) is 8.03. The molecular formula is C11H13ClOS. The molecule has 0 amide bonds. The Morgan fingerprint density at radius 1 is 1.50 bits per heavy atom. The van der Waals surface area contributed by atoms with Gasteiger partial charge in [0.2, 0.25) is 0 Å². The summed E-state index contributed by atoms with van der Waals surface area (Å²) >= 11 is 10.1. The highest BCUT2D eigenvalue weighted by atomic mass is 35.5. The summed E-state index contributed by atoms with van der Waals surface area (Å²) < 4.78 is 5.11. The summed E-state index contributed by atoms with van der Waals surface area (Å²) in [5, 5.41) is 0.737. The van der Waals surface area contributed by atoms with Crippen LogP contribution in [0, 0.1) is 0 Å². The minimum absolute atomic E-state index is 0.737. The first-order chi connectivity index (χ1) is 6.77. The van der Waals surface area contributed by atoms with E-state index in [1.807, 2.05) is 30.4 Å². The Hall–Kier alpha value is -0.600. The van der Waals surface area contributed by atoms with Crippen LogP contribution in [0.3, 0.4) is 0 Å². The van der Waals surface area contributed by atoms with Gasteiger partial charge in [-0.2, -0.15) is 12.6 Å². The topological polar surface area (TPSA) is 9.23 Å². The maximum atomic E-state index is 6.01. The van der Waals surface area contributed by atoms with E-state index in [-0.39, 0.29) is 0 Å². The number of rotatable bonds is 4. The van der Waals surface area contributed by atoms with E-state index in [9.17, 15) is 0 Å². The van der Waals surface area contributed by atoms with E-state index in [4.69, 9.17) is 16.3 Å². The lowest BCUT2D eigenvalue weighted by atomic mass is 10.2. The van der Waals surface area contributed by atoms with Crippen LogP contribution >= 0.6 is 24.2 Å². The zero-order valence-corrected chi connectivity index (χ0v) is 9.68. The second-order valence-corrected chi connectivity index (χ2v) is 3.66. The first-order valence-corrected chi connectivity index (χ1v) is 5.40. The number of thiol groups is 1. The third kappa shape index (κ3) is 3.28. The number of hydrogen-bond donors (Lipinski definition) is 1. The van der Waals surface area contributed by atoms with E-state index in [1.165, 1.54) is 0 Å². The van der Waals surface area contributed by atoms with Crippen molar-refractivity contribution in [2.75, 3.05) is 12.9 Å². The first kappa shape index (κ1) is 11.5. The van der Waals surface area contributed by atoms with Gasteiger partial charge < -0.3 is 4.74 Å². The van der Waals surface area contributed by atoms with Gasteiger partial charge in [-0.3, -0.25) is 0 Å². The van der Waals surface area contributed by atoms with Gasteiger partial charge in [-0.1, -0.05) is 23.8 Å². The molecule has 0 unspecified atom stereocenters. The van der Waals surface area contributed by atoms with Gasteiger partial charge in [0.15, 0.2) is 0 Å². The van der Waals surface area contributed by atoms with Crippen LogP contribution in [0.2, 0.25) is 5.02 Å². The Labute approximate surface area is 95.1 Å². The molecule has 0 spiro atoms. The Bertz CT molecular complexity index is 323. The van der Waals surface area contributed by atoms with Crippen molar-refractivity contribution >= 4 is 30.3 Å². The highest BCUT2D eigenvalue weighted by Crippen LogP contribution is 2.23. The largest absolute Gasteiger partial charge is 0.497 e. The van der Waals surface area contributed by atoms with Crippen molar-refractivity contribution < 1.29 is 4.74 Å². The van der Waals surface area contributed by atoms with E-state index in [0.717, 1.165) is 28.5 Å². The lowest BCUT2D eigenvalue weighted by Crippen LogP contribution is -1.83. The molecule has 1 aromatic rings. The van der Waals surface area contributed by atoms with E-state index < -0.39 is 0 Å². The molecule has 0 atom stereocenters. The van der Waals surface area contributed by atoms with Crippen LogP contribution in [-0.2, 0) is 0 Å². The highest BCUT2D eigenvalue weighted by Gasteiger charge is 1.98. The molecule has 0 aromatic heterocycles. The molecule has 3 heteroatoms. The Morgan fingerprint density at radius 3 is 2.93 bits per heavy atom. The molecule has 0 fully saturated rings. The van der Waals surface area contributed by atoms with Crippen molar-refractivity contribution in [2.45, 2.75) is 6.42 Å². The molecule has 0 saturated carbocycles. The molecule has 0 heterocycles. The number of methoxy groups -OCH3 is 1. The van der Waals surface area contributed by atoms with Crippen LogP contribution in [-0.4, -0.2) is 12.9 Å².